The van der Waals surface area contributed by atoms with Crippen LogP contribution >= 0.6 is 21.6 Å². The van der Waals surface area contributed by atoms with Gasteiger partial charge in [0.25, 0.3) is 5.91 Å². The number of Topliss-reactive ketones (excluding diaryl/α,β-unsaturated/α-hetero) is 1. The number of fused-ring (bicyclic) bond motifs is 5. The predicted octanol–water partition coefficient (Wildman–Crippen LogP) is 6.86. The standard InChI is InChI=1S/C57H64N2O15S2/c1-34-40(71-53(66)47(62)46(37-18-10-7-11-19-37)59-51(64)38-20-12-8-13-21-38)31-57(67)50(73-52(65)39-22-14-9-15-23-39)48-55(6,49(63)35(2)45(34)54(57,4)5)41(30-42-56(48,33-70-42)74-36(3)60)72-44(61)32-69-27-26-68-28-29-75-76-43-24-16-17-25-58-43/h7-25,35,40-42,46-48,50,62,67H,26-33H2,1-6H3,(H,59,64)/t35-,40?,41+,42?,46?,47-,48+,50+,55-,56+,57-/m1/s1. The van der Waals surface area contributed by atoms with Gasteiger partial charge in [-0.25, -0.2) is 19.4 Å². The Kier molecular flexibility index (Phi) is 17.6. The lowest BCUT2D eigenvalue weighted by atomic mass is 9.43. The van der Waals surface area contributed by atoms with Crippen LogP contribution in [0, 0.1) is 22.7 Å². The molecule has 3 aromatic carbocycles. The zero-order chi connectivity index (χ0) is 54.4. The summed E-state index contributed by atoms with van der Waals surface area (Å²) in [5, 5.41) is 29.6. The normalized spacial score (nSPS) is 28.1. The number of hydrogen-bond acceptors (Lipinski definition) is 18. The molecule has 76 heavy (non-hydrogen) atoms. The van der Waals surface area contributed by atoms with Crippen molar-refractivity contribution in [2.24, 2.45) is 22.7 Å². The van der Waals surface area contributed by atoms with Gasteiger partial charge in [0.2, 0.25) is 0 Å². The number of aliphatic hydroxyl groups excluding tert-OH is 1. The molecule has 2 saturated carbocycles. The summed E-state index contributed by atoms with van der Waals surface area (Å²) in [7, 11) is 3.12. The zero-order valence-corrected chi connectivity index (χ0v) is 44.8. The smallest absolute Gasteiger partial charge is 0.338 e. The summed E-state index contributed by atoms with van der Waals surface area (Å²) in [6.07, 6.45) is -6.34. The lowest BCUT2D eigenvalue weighted by Crippen LogP contribution is -2.81. The van der Waals surface area contributed by atoms with E-state index in [1.807, 2.05) is 18.2 Å². The van der Waals surface area contributed by atoms with Gasteiger partial charge in [0.15, 0.2) is 11.7 Å². The Morgan fingerprint density at radius 3 is 2.12 bits per heavy atom. The van der Waals surface area contributed by atoms with E-state index in [0.29, 0.717) is 29.1 Å². The fraction of sp³-hybridized carbons (Fsp3) is 0.456. The Balaban J connectivity index is 1.12. The van der Waals surface area contributed by atoms with Crippen LogP contribution in [-0.4, -0.2) is 131 Å². The number of pyridine rings is 1. The van der Waals surface area contributed by atoms with Gasteiger partial charge in [0.1, 0.15) is 47.4 Å². The van der Waals surface area contributed by atoms with Gasteiger partial charge in [-0.2, -0.15) is 0 Å². The van der Waals surface area contributed by atoms with Crippen molar-refractivity contribution in [1.82, 2.24) is 10.3 Å². The quantitative estimate of drug-likeness (QED) is 0.0270. The maximum absolute atomic E-state index is 16.0. The summed E-state index contributed by atoms with van der Waals surface area (Å²) in [5.41, 5.74) is -5.89. The number of hydrogen-bond donors (Lipinski definition) is 3. The lowest BCUT2D eigenvalue weighted by Gasteiger charge is -2.67. The topological polar surface area (TPSA) is 232 Å². The van der Waals surface area contributed by atoms with E-state index in [1.54, 1.807) is 130 Å². The fourth-order valence-corrected chi connectivity index (χ4v) is 13.5. The van der Waals surface area contributed by atoms with Crippen LogP contribution in [0.2, 0.25) is 0 Å². The van der Waals surface area contributed by atoms with E-state index in [-0.39, 0.29) is 37.4 Å². The highest BCUT2D eigenvalue weighted by atomic mass is 33.1. The van der Waals surface area contributed by atoms with Crippen molar-refractivity contribution in [3.63, 3.8) is 0 Å². The fourth-order valence-electron chi connectivity index (χ4n) is 11.7. The van der Waals surface area contributed by atoms with E-state index in [0.717, 1.165) is 5.03 Å². The van der Waals surface area contributed by atoms with Gasteiger partial charge in [0, 0.05) is 48.6 Å². The van der Waals surface area contributed by atoms with Crippen LogP contribution in [0.15, 0.2) is 132 Å². The minimum Gasteiger partial charge on any atom is -0.459 e. The Bertz CT molecular complexity index is 2770. The van der Waals surface area contributed by atoms with E-state index in [9.17, 15) is 34.2 Å². The number of aromatic nitrogens is 1. The Labute approximate surface area is 449 Å². The molecule has 2 bridgehead atoms. The van der Waals surface area contributed by atoms with Crippen LogP contribution in [0.25, 0.3) is 0 Å². The van der Waals surface area contributed by atoms with Gasteiger partial charge in [-0.1, -0.05) is 104 Å². The molecular formula is C57H64N2O15S2. The molecule has 3 aliphatic carbocycles. The number of carbonyl (C=O) groups excluding carboxylic acids is 6. The van der Waals surface area contributed by atoms with Crippen molar-refractivity contribution in [3.8, 4) is 0 Å². The minimum absolute atomic E-state index is 0.0556. The van der Waals surface area contributed by atoms with Crippen LogP contribution in [0.1, 0.15) is 86.7 Å². The number of nitrogens with one attached hydrogen (secondary N) is 1. The Morgan fingerprint density at radius 2 is 1.49 bits per heavy atom. The van der Waals surface area contributed by atoms with Crippen molar-refractivity contribution in [2.75, 3.05) is 38.8 Å². The summed E-state index contributed by atoms with van der Waals surface area (Å²) in [6.45, 7) is 9.37. The number of carbonyl (C=O) groups is 6. The molecule has 1 aromatic heterocycles. The second kappa shape index (κ2) is 23.8. The third kappa shape index (κ3) is 11.2. The second-order valence-electron chi connectivity index (χ2n) is 20.3. The highest BCUT2D eigenvalue weighted by Gasteiger charge is 2.78. The van der Waals surface area contributed by atoms with Crippen LogP contribution in [0.4, 0.5) is 0 Å². The molecule has 1 aliphatic heterocycles. The Morgan fingerprint density at radius 1 is 0.842 bits per heavy atom. The van der Waals surface area contributed by atoms with Crippen molar-refractivity contribution in [3.05, 3.63) is 143 Å². The van der Waals surface area contributed by atoms with Crippen LogP contribution in [0.3, 0.4) is 0 Å². The number of nitrogens with zero attached hydrogens (tertiary/aromatic N) is 1. The molecule has 17 nitrogen and oxygen atoms in total. The summed E-state index contributed by atoms with van der Waals surface area (Å²) in [6, 6.07) is 29.0. The molecule has 0 radical (unpaired) electrons. The molecule has 3 fully saturated rings. The maximum atomic E-state index is 16.0. The number of ether oxygens (including phenoxy) is 7. The molecule has 404 valence electrons. The molecule has 3 unspecified atom stereocenters. The number of amides is 1. The summed E-state index contributed by atoms with van der Waals surface area (Å²) in [4.78, 5) is 90.2. The molecule has 11 atom stereocenters. The first-order valence-corrected chi connectivity index (χ1v) is 27.5. The van der Waals surface area contributed by atoms with E-state index in [1.165, 1.54) is 29.9 Å². The lowest BCUT2D eigenvalue weighted by molar-refractivity contribution is -0.346. The molecule has 3 N–H and O–H groups in total. The molecule has 8 rings (SSSR count). The van der Waals surface area contributed by atoms with Crippen molar-refractivity contribution in [2.45, 2.75) is 107 Å². The molecule has 19 heteroatoms. The average Bonchev–Trinajstić information content (AvgIpc) is 3.59. The van der Waals surface area contributed by atoms with Crippen LogP contribution in [-0.2, 0) is 52.3 Å². The van der Waals surface area contributed by atoms with E-state index < -0.39 is 119 Å². The number of ketones is 1. The molecule has 1 amide bonds. The van der Waals surface area contributed by atoms with Gasteiger partial charge in [-0.15, -0.1) is 0 Å². The third-order valence-electron chi connectivity index (χ3n) is 15.4. The zero-order valence-electron chi connectivity index (χ0n) is 43.2. The SMILES string of the molecule is CC(=O)O[C@@]12COC1C[C@H](OC(=O)COCCOCCSSc1ccccn1)[C@@]1(C)C(=O)[C@H](C)C3=C(C)C(OC(=O)[C@H](O)C(NC(=O)c4ccccc4)c4ccccc4)C[C@@](O)([C@@H](OC(=O)c4ccccc4)[C@@H]12)C3(C)C. The molecular weight excluding hydrogens is 1020 g/mol. The number of aliphatic hydroxyl groups is 2. The Hall–Kier alpha value is -5.93. The highest BCUT2D eigenvalue weighted by Crippen LogP contribution is 2.65. The molecule has 0 spiro atoms. The maximum Gasteiger partial charge on any atom is 0.338 e. The first kappa shape index (κ1) is 56.3. The molecule has 4 aromatic rings. The predicted molar refractivity (Wildman–Crippen MR) is 279 cm³/mol. The van der Waals surface area contributed by atoms with Crippen molar-refractivity contribution in [1.29, 1.82) is 0 Å². The average molecular weight is 1080 g/mol. The third-order valence-corrected chi connectivity index (χ3v) is 17.7. The van der Waals surface area contributed by atoms with Gasteiger partial charge >= 0.3 is 23.9 Å². The highest BCUT2D eigenvalue weighted by molar-refractivity contribution is 8.76. The first-order valence-electron chi connectivity index (χ1n) is 25.2. The molecule has 4 aliphatic rings. The first-order chi connectivity index (χ1) is 36.3. The summed E-state index contributed by atoms with van der Waals surface area (Å²) >= 11 is 0. The molecule has 2 heterocycles. The largest absolute Gasteiger partial charge is 0.459 e. The van der Waals surface area contributed by atoms with Gasteiger partial charge in [-0.05, 0) is 77.7 Å². The van der Waals surface area contributed by atoms with Crippen LogP contribution < -0.4 is 5.32 Å². The summed E-state index contributed by atoms with van der Waals surface area (Å²) in [5.74, 6) is -6.61. The number of rotatable bonds is 20. The monoisotopic (exact) mass is 1080 g/mol. The van der Waals surface area contributed by atoms with E-state index in [4.69, 9.17) is 33.2 Å². The minimum atomic E-state index is -2.29. The van der Waals surface area contributed by atoms with E-state index in [2.05, 4.69) is 10.3 Å². The van der Waals surface area contributed by atoms with Crippen LogP contribution in [0.5, 0.6) is 0 Å². The second-order valence-corrected chi connectivity index (χ2v) is 22.7. The van der Waals surface area contributed by atoms with Gasteiger partial charge < -0.3 is 48.7 Å². The van der Waals surface area contributed by atoms with Gasteiger partial charge in [-0.3, -0.25) is 14.4 Å². The van der Waals surface area contributed by atoms with E-state index >= 15 is 4.79 Å². The van der Waals surface area contributed by atoms with Crippen molar-refractivity contribution < 1.29 is 72.1 Å². The van der Waals surface area contributed by atoms with Crippen molar-refractivity contribution >= 4 is 57.2 Å². The number of benzene rings is 3. The molecule has 1 saturated heterocycles. The number of esters is 4. The van der Waals surface area contributed by atoms with Gasteiger partial charge in [0.05, 0.1) is 49.4 Å². The summed E-state index contributed by atoms with van der Waals surface area (Å²) < 4.78 is 42.9.